The van der Waals surface area contributed by atoms with Crippen molar-refractivity contribution < 1.29 is 14.3 Å². The number of allylic oxidation sites excluding steroid dienone is 1. The summed E-state index contributed by atoms with van der Waals surface area (Å²) in [5, 5.41) is 3.62. The number of unbranched alkanes of at least 4 members (excludes halogenated alkanes) is 2. The SMILES string of the molecule is CCCCOc1cccc([C@H]2C3=C(CC(C)(C)CC3=O)Nc3ccccc3N2C(=O)[C@H](CC)CCCC)c1. The van der Waals surface area contributed by atoms with Gasteiger partial charge in [0.25, 0.3) is 0 Å². The Morgan fingerprint density at radius 2 is 1.82 bits per heavy atom. The van der Waals surface area contributed by atoms with Gasteiger partial charge in [-0.2, -0.15) is 0 Å². The van der Waals surface area contributed by atoms with Gasteiger partial charge in [-0.15, -0.1) is 0 Å². The van der Waals surface area contributed by atoms with E-state index in [1.165, 1.54) is 0 Å². The summed E-state index contributed by atoms with van der Waals surface area (Å²) < 4.78 is 6.07. The summed E-state index contributed by atoms with van der Waals surface area (Å²) in [6.07, 6.45) is 6.92. The molecule has 0 aromatic heterocycles. The lowest BCUT2D eigenvalue weighted by molar-refractivity contribution is -0.123. The van der Waals surface area contributed by atoms with Crippen LogP contribution < -0.4 is 15.0 Å². The van der Waals surface area contributed by atoms with E-state index < -0.39 is 6.04 Å². The molecular formula is C33H44N2O3. The third-order valence-corrected chi connectivity index (χ3v) is 7.83. The lowest BCUT2D eigenvalue weighted by Crippen LogP contribution is -2.42. The number of carbonyl (C=O) groups excluding carboxylic acids is 2. The van der Waals surface area contributed by atoms with E-state index in [1.807, 2.05) is 53.4 Å². The van der Waals surface area contributed by atoms with Gasteiger partial charge in [-0.05, 0) is 60.9 Å². The average molecular weight is 517 g/mol. The molecule has 0 saturated heterocycles. The molecule has 0 saturated carbocycles. The number of hydrogen-bond donors (Lipinski definition) is 1. The highest BCUT2D eigenvalue weighted by Gasteiger charge is 2.44. The molecule has 1 N–H and O–H groups in total. The molecule has 5 nitrogen and oxygen atoms in total. The molecule has 1 aliphatic carbocycles. The highest BCUT2D eigenvalue weighted by Crippen LogP contribution is 2.49. The average Bonchev–Trinajstić information content (AvgIpc) is 3.03. The molecule has 1 aliphatic heterocycles. The Labute approximate surface area is 228 Å². The first kappa shape index (κ1) is 27.9. The number of amides is 1. The van der Waals surface area contributed by atoms with Gasteiger partial charge in [-0.3, -0.25) is 14.5 Å². The molecule has 4 rings (SSSR count). The number of ether oxygens (including phenoxy) is 1. The van der Waals surface area contributed by atoms with Crippen molar-refractivity contribution in [2.45, 2.75) is 92.0 Å². The Bertz CT molecular complexity index is 1180. The van der Waals surface area contributed by atoms with E-state index in [2.05, 4.69) is 39.9 Å². The number of anilines is 2. The van der Waals surface area contributed by atoms with Crippen LogP contribution in [0, 0.1) is 11.3 Å². The Hall–Kier alpha value is -3.08. The largest absolute Gasteiger partial charge is 0.494 e. The number of benzene rings is 2. The zero-order chi connectivity index (χ0) is 27.3. The second kappa shape index (κ2) is 12.2. The Kier molecular flexibility index (Phi) is 8.96. The summed E-state index contributed by atoms with van der Waals surface area (Å²) in [6.45, 7) is 11.3. The van der Waals surface area contributed by atoms with E-state index in [0.717, 1.165) is 73.3 Å². The summed E-state index contributed by atoms with van der Waals surface area (Å²) in [6, 6.07) is 15.5. The summed E-state index contributed by atoms with van der Waals surface area (Å²) in [7, 11) is 0. The summed E-state index contributed by atoms with van der Waals surface area (Å²) in [4.78, 5) is 30.3. The van der Waals surface area contributed by atoms with Gasteiger partial charge in [0, 0.05) is 23.6 Å². The van der Waals surface area contributed by atoms with Crippen LogP contribution in [0.1, 0.15) is 97.6 Å². The molecule has 38 heavy (non-hydrogen) atoms. The van der Waals surface area contributed by atoms with Crippen LogP contribution in [0.25, 0.3) is 0 Å². The number of carbonyl (C=O) groups is 2. The maximum Gasteiger partial charge on any atom is 0.231 e. The molecule has 204 valence electrons. The first-order valence-electron chi connectivity index (χ1n) is 14.5. The van der Waals surface area contributed by atoms with Crippen LogP contribution >= 0.6 is 0 Å². The van der Waals surface area contributed by atoms with Crippen molar-refractivity contribution in [2.24, 2.45) is 11.3 Å². The maximum atomic E-state index is 14.5. The third kappa shape index (κ3) is 5.98. The second-order valence-electron chi connectivity index (χ2n) is 11.6. The van der Waals surface area contributed by atoms with E-state index in [4.69, 9.17) is 4.74 Å². The number of para-hydroxylation sites is 2. The topological polar surface area (TPSA) is 58.6 Å². The van der Waals surface area contributed by atoms with Gasteiger partial charge >= 0.3 is 0 Å². The van der Waals surface area contributed by atoms with Crippen LogP contribution in [0.5, 0.6) is 5.75 Å². The van der Waals surface area contributed by atoms with E-state index >= 15 is 0 Å². The fraction of sp³-hybridized carbons (Fsp3) is 0.515. The number of nitrogens with zero attached hydrogens (tertiary/aromatic N) is 1. The number of fused-ring (bicyclic) bond motifs is 1. The Morgan fingerprint density at radius 3 is 2.55 bits per heavy atom. The van der Waals surface area contributed by atoms with E-state index in [-0.39, 0.29) is 23.0 Å². The quantitative estimate of drug-likeness (QED) is 0.323. The highest BCUT2D eigenvalue weighted by atomic mass is 16.5. The maximum absolute atomic E-state index is 14.5. The van der Waals surface area contributed by atoms with Gasteiger partial charge in [0.15, 0.2) is 5.78 Å². The fourth-order valence-corrected chi connectivity index (χ4v) is 5.80. The highest BCUT2D eigenvalue weighted by molar-refractivity contribution is 6.06. The van der Waals surface area contributed by atoms with Crippen LogP contribution in [0.2, 0.25) is 0 Å². The number of ketones is 1. The van der Waals surface area contributed by atoms with Crippen LogP contribution in [0.15, 0.2) is 59.8 Å². The molecule has 2 aliphatic rings. The number of nitrogens with one attached hydrogen (secondary N) is 1. The van der Waals surface area contributed by atoms with E-state index in [0.29, 0.717) is 18.6 Å². The van der Waals surface area contributed by atoms with Crippen molar-refractivity contribution in [2.75, 3.05) is 16.8 Å². The first-order chi connectivity index (χ1) is 18.3. The van der Waals surface area contributed by atoms with E-state index in [1.54, 1.807) is 0 Å². The minimum Gasteiger partial charge on any atom is -0.494 e. The molecule has 0 bridgehead atoms. The minimum absolute atomic E-state index is 0.0869. The molecule has 5 heteroatoms. The molecule has 1 heterocycles. The smallest absolute Gasteiger partial charge is 0.231 e. The molecular weight excluding hydrogens is 472 g/mol. The summed E-state index contributed by atoms with van der Waals surface area (Å²) >= 11 is 0. The van der Waals surface area contributed by atoms with Crippen LogP contribution in [-0.4, -0.2) is 18.3 Å². The monoisotopic (exact) mass is 516 g/mol. The molecule has 2 aromatic rings. The molecule has 0 unspecified atom stereocenters. The lowest BCUT2D eigenvalue weighted by atomic mass is 9.73. The predicted molar refractivity (Wildman–Crippen MR) is 155 cm³/mol. The van der Waals surface area contributed by atoms with Crippen molar-refractivity contribution in [3.05, 3.63) is 65.4 Å². The van der Waals surface area contributed by atoms with Crippen molar-refractivity contribution in [1.29, 1.82) is 0 Å². The van der Waals surface area contributed by atoms with Gasteiger partial charge in [0.05, 0.1) is 24.0 Å². The van der Waals surface area contributed by atoms with Crippen LogP contribution in [0.4, 0.5) is 11.4 Å². The number of hydrogen-bond acceptors (Lipinski definition) is 4. The fourth-order valence-electron chi connectivity index (χ4n) is 5.80. The molecule has 2 aromatic carbocycles. The van der Waals surface area contributed by atoms with Gasteiger partial charge in [0.2, 0.25) is 5.91 Å². The zero-order valence-corrected chi connectivity index (χ0v) is 23.8. The summed E-state index contributed by atoms with van der Waals surface area (Å²) in [5.41, 5.74) is 4.11. The first-order valence-corrected chi connectivity index (χ1v) is 14.5. The minimum atomic E-state index is -0.511. The van der Waals surface area contributed by atoms with Crippen molar-refractivity contribution >= 4 is 23.1 Å². The Morgan fingerprint density at radius 1 is 1.05 bits per heavy atom. The molecule has 2 atom stereocenters. The Balaban J connectivity index is 1.92. The van der Waals surface area contributed by atoms with Crippen molar-refractivity contribution in [1.82, 2.24) is 0 Å². The molecule has 0 spiro atoms. The number of Topliss-reactive ketones (excluding diaryl/α,β-unsaturated/α-hetero) is 1. The molecule has 0 fully saturated rings. The second-order valence-corrected chi connectivity index (χ2v) is 11.6. The van der Waals surface area contributed by atoms with Crippen molar-refractivity contribution in [3.8, 4) is 5.75 Å². The van der Waals surface area contributed by atoms with E-state index in [9.17, 15) is 9.59 Å². The summed E-state index contributed by atoms with van der Waals surface area (Å²) in [5.74, 6) is 0.867. The standard InChI is InChI=1S/C33H44N2O3/c1-6-9-14-23(8-3)32(37)35-28-18-12-11-17-26(28)34-27-21-33(4,5)22-29(36)30(27)31(35)24-15-13-16-25(20-24)38-19-10-7-2/h11-13,15-18,20,23,31,34H,6-10,14,19,21-22H2,1-5H3/t23-,31+/m1/s1. The normalized spacial score (nSPS) is 19.2. The van der Waals surface area contributed by atoms with Crippen LogP contribution in [0.3, 0.4) is 0 Å². The zero-order valence-electron chi connectivity index (χ0n) is 23.8. The van der Waals surface area contributed by atoms with Gasteiger partial charge in [0.1, 0.15) is 5.75 Å². The van der Waals surface area contributed by atoms with Gasteiger partial charge in [-0.1, -0.05) is 78.1 Å². The van der Waals surface area contributed by atoms with Crippen LogP contribution in [-0.2, 0) is 9.59 Å². The van der Waals surface area contributed by atoms with Gasteiger partial charge < -0.3 is 10.1 Å². The molecule has 0 radical (unpaired) electrons. The lowest BCUT2D eigenvalue weighted by Gasteiger charge is -2.38. The predicted octanol–water partition coefficient (Wildman–Crippen LogP) is 8.22. The molecule has 1 amide bonds. The third-order valence-electron chi connectivity index (χ3n) is 7.83. The van der Waals surface area contributed by atoms with Gasteiger partial charge in [-0.25, -0.2) is 0 Å². The number of rotatable bonds is 10. The van der Waals surface area contributed by atoms with Crippen molar-refractivity contribution in [3.63, 3.8) is 0 Å².